The number of para-hydroxylation sites is 1. The van der Waals surface area contributed by atoms with Crippen molar-refractivity contribution in [2.24, 2.45) is 0 Å². The van der Waals surface area contributed by atoms with E-state index in [9.17, 15) is 23.3 Å². The minimum atomic E-state index is -4.03. The first-order chi connectivity index (χ1) is 18.7. The summed E-state index contributed by atoms with van der Waals surface area (Å²) in [6.45, 7) is 0. The number of aromatic nitrogens is 2. The van der Waals surface area contributed by atoms with Crippen molar-refractivity contribution in [1.29, 1.82) is 0 Å². The van der Waals surface area contributed by atoms with Gasteiger partial charge >= 0.3 is 0 Å². The van der Waals surface area contributed by atoms with Gasteiger partial charge in [-0.1, -0.05) is 34.1 Å². The molecule has 10 nitrogen and oxygen atoms in total. The summed E-state index contributed by atoms with van der Waals surface area (Å²) in [5.41, 5.74) is 2.77. The van der Waals surface area contributed by atoms with E-state index in [2.05, 4.69) is 35.9 Å². The van der Waals surface area contributed by atoms with Crippen LogP contribution in [0.5, 0.6) is 0 Å². The van der Waals surface area contributed by atoms with Crippen molar-refractivity contribution in [1.82, 2.24) is 14.7 Å². The van der Waals surface area contributed by atoms with Gasteiger partial charge in [0.25, 0.3) is 5.69 Å². The van der Waals surface area contributed by atoms with Crippen LogP contribution in [0.3, 0.4) is 0 Å². The molecule has 5 aromatic rings. The van der Waals surface area contributed by atoms with E-state index in [1.807, 2.05) is 24.3 Å². The zero-order chi connectivity index (χ0) is 27.6. The second-order valence-corrected chi connectivity index (χ2v) is 12.0. The SMILES string of the molecule is O=C(Nc1nc(-c2ccc([N+](=O)[O-])cc2)cs1)[C@H](Cc1c[nH]c2ccccc12)NS(=O)(=O)c1ccc(Br)cc1. The number of rotatable bonds is 9. The van der Waals surface area contributed by atoms with E-state index in [-0.39, 0.29) is 22.1 Å². The van der Waals surface area contributed by atoms with Crippen LogP contribution in [-0.4, -0.2) is 35.3 Å². The van der Waals surface area contributed by atoms with Gasteiger partial charge in [0.05, 0.1) is 15.5 Å². The predicted octanol–water partition coefficient (Wildman–Crippen LogP) is 5.49. The Bertz CT molecular complexity index is 1770. The van der Waals surface area contributed by atoms with Gasteiger partial charge in [-0.2, -0.15) is 4.72 Å². The molecule has 39 heavy (non-hydrogen) atoms. The van der Waals surface area contributed by atoms with Gasteiger partial charge in [-0.05, 0) is 54.4 Å². The zero-order valence-electron chi connectivity index (χ0n) is 20.0. The Kier molecular flexibility index (Phi) is 7.57. The van der Waals surface area contributed by atoms with Gasteiger partial charge in [0.1, 0.15) is 6.04 Å². The molecule has 2 heterocycles. The molecule has 13 heteroatoms. The number of sulfonamides is 1. The minimum absolute atomic E-state index is 0.0251. The Balaban J connectivity index is 1.40. The van der Waals surface area contributed by atoms with Crippen LogP contribution in [0, 0.1) is 10.1 Å². The molecule has 0 saturated carbocycles. The number of fused-ring (bicyclic) bond motifs is 1. The number of nitro groups is 1. The maximum Gasteiger partial charge on any atom is 0.269 e. The lowest BCUT2D eigenvalue weighted by molar-refractivity contribution is -0.384. The number of nitrogens with zero attached hydrogens (tertiary/aromatic N) is 2. The lowest BCUT2D eigenvalue weighted by Gasteiger charge is -2.18. The van der Waals surface area contributed by atoms with Crippen LogP contribution in [0.2, 0.25) is 0 Å². The highest BCUT2D eigenvalue weighted by Crippen LogP contribution is 2.27. The van der Waals surface area contributed by atoms with Gasteiger partial charge < -0.3 is 10.3 Å². The molecule has 0 bridgehead atoms. The summed E-state index contributed by atoms with van der Waals surface area (Å²) in [5.74, 6) is -0.578. The normalized spacial score (nSPS) is 12.3. The van der Waals surface area contributed by atoms with Crippen molar-refractivity contribution < 1.29 is 18.1 Å². The maximum atomic E-state index is 13.4. The molecule has 0 aliphatic heterocycles. The van der Waals surface area contributed by atoms with Crippen molar-refractivity contribution in [3.05, 3.63) is 105 Å². The van der Waals surface area contributed by atoms with Crippen LogP contribution in [-0.2, 0) is 21.2 Å². The quantitative estimate of drug-likeness (QED) is 0.146. The first-order valence-corrected chi connectivity index (χ1v) is 14.7. The Hall–Kier alpha value is -3.91. The van der Waals surface area contributed by atoms with Crippen LogP contribution in [0.25, 0.3) is 22.2 Å². The smallest absolute Gasteiger partial charge is 0.269 e. The lowest BCUT2D eigenvalue weighted by Crippen LogP contribution is -2.45. The summed E-state index contributed by atoms with van der Waals surface area (Å²) in [5, 5.41) is 16.5. The van der Waals surface area contributed by atoms with E-state index in [0.29, 0.717) is 11.3 Å². The molecular weight excluding hydrogens is 606 g/mol. The Morgan fingerprint density at radius 1 is 1.08 bits per heavy atom. The summed E-state index contributed by atoms with van der Waals surface area (Å²) in [6.07, 6.45) is 1.85. The highest BCUT2D eigenvalue weighted by molar-refractivity contribution is 9.10. The number of hydrogen-bond acceptors (Lipinski definition) is 7. The zero-order valence-corrected chi connectivity index (χ0v) is 23.2. The van der Waals surface area contributed by atoms with Gasteiger partial charge in [0.15, 0.2) is 5.13 Å². The minimum Gasteiger partial charge on any atom is -0.361 e. The summed E-state index contributed by atoms with van der Waals surface area (Å²) >= 11 is 4.46. The number of halogens is 1. The third-order valence-corrected chi connectivity index (χ3v) is 8.72. The largest absolute Gasteiger partial charge is 0.361 e. The number of benzene rings is 3. The van der Waals surface area contributed by atoms with Gasteiger partial charge in [-0.3, -0.25) is 14.9 Å². The van der Waals surface area contributed by atoms with E-state index in [4.69, 9.17) is 0 Å². The average molecular weight is 627 g/mol. The van der Waals surface area contributed by atoms with Gasteiger partial charge in [0, 0.05) is 44.6 Å². The Morgan fingerprint density at radius 2 is 1.79 bits per heavy atom. The molecule has 0 radical (unpaired) electrons. The lowest BCUT2D eigenvalue weighted by atomic mass is 10.1. The standard InChI is InChI=1S/C26H20BrN5O5S2/c27-18-7-11-20(12-8-18)39(36,37)31-23(13-17-14-28-22-4-2-1-3-21(17)22)25(33)30-26-29-24(15-38-26)16-5-9-19(10-6-16)32(34)35/h1-12,14-15,23,28,31H,13H2,(H,29,30,33)/t23-/m0/s1. The van der Waals surface area contributed by atoms with Gasteiger partial charge in [-0.15, -0.1) is 11.3 Å². The molecule has 0 spiro atoms. The number of amides is 1. The fourth-order valence-electron chi connectivity index (χ4n) is 3.99. The molecule has 0 fully saturated rings. The van der Waals surface area contributed by atoms with E-state index in [0.717, 1.165) is 32.3 Å². The number of hydrogen-bond donors (Lipinski definition) is 3. The number of nitrogens with one attached hydrogen (secondary N) is 3. The second-order valence-electron chi connectivity index (χ2n) is 8.52. The molecule has 0 saturated heterocycles. The Morgan fingerprint density at radius 3 is 2.51 bits per heavy atom. The summed E-state index contributed by atoms with van der Waals surface area (Å²) in [4.78, 5) is 31.5. The highest BCUT2D eigenvalue weighted by atomic mass is 79.9. The van der Waals surface area contributed by atoms with Crippen LogP contribution < -0.4 is 10.0 Å². The third-order valence-electron chi connectivity index (χ3n) is 5.94. The number of carbonyl (C=O) groups excluding carboxylic acids is 1. The van der Waals surface area contributed by atoms with E-state index in [1.165, 1.54) is 24.3 Å². The summed E-state index contributed by atoms with van der Waals surface area (Å²) < 4.78 is 29.7. The van der Waals surface area contributed by atoms with Crippen LogP contribution in [0.1, 0.15) is 5.56 Å². The topological polar surface area (TPSA) is 147 Å². The fourth-order valence-corrected chi connectivity index (χ4v) is 6.17. The van der Waals surface area contributed by atoms with Crippen LogP contribution in [0.15, 0.2) is 93.7 Å². The number of anilines is 1. The van der Waals surface area contributed by atoms with E-state index >= 15 is 0 Å². The summed E-state index contributed by atoms with van der Waals surface area (Å²) in [7, 11) is -4.03. The molecule has 3 N–H and O–H groups in total. The first kappa shape index (κ1) is 26.7. The fraction of sp³-hybridized carbons (Fsp3) is 0.0769. The molecule has 0 aliphatic rings. The van der Waals surface area contributed by atoms with Crippen molar-refractivity contribution in [2.45, 2.75) is 17.4 Å². The molecule has 0 aliphatic carbocycles. The number of H-pyrrole nitrogens is 1. The monoisotopic (exact) mass is 625 g/mol. The second kappa shape index (κ2) is 11.1. The van der Waals surface area contributed by atoms with Gasteiger partial charge in [0.2, 0.25) is 15.9 Å². The first-order valence-electron chi connectivity index (χ1n) is 11.5. The van der Waals surface area contributed by atoms with Crippen molar-refractivity contribution >= 4 is 64.9 Å². The molecule has 0 unspecified atom stereocenters. The van der Waals surface area contributed by atoms with Crippen LogP contribution >= 0.6 is 27.3 Å². The number of non-ortho nitro benzene ring substituents is 1. The summed E-state index contributed by atoms with van der Waals surface area (Å²) in [6, 6.07) is 18.4. The maximum absolute atomic E-state index is 13.4. The molecular formula is C26H20BrN5O5S2. The predicted molar refractivity (Wildman–Crippen MR) is 153 cm³/mol. The van der Waals surface area contributed by atoms with Crippen molar-refractivity contribution in [2.75, 3.05) is 5.32 Å². The van der Waals surface area contributed by atoms with Crippen molar-refractivity contribution in [3.63, 3.8) is 0 Å². The highest BCUT2D eigenvalue weighted by Gasteiger charge is 2.28. The number of thiazole rings is 1. The van der Waals surface area contributed by atoms with E-state index in [1.54, 1.807) is 35.8 Å². The number of nitro benzene ring substituents is 1. The number of aromatic amines is 1. The average Bonchev–Trinajstić information content (AvgIpc) is 3.56. The molecule has 198 valence electrons. The molecule has 5 rings (SSSR count). The number of carbonyl (C=O) groups is 1. The van der Waals surface area contributed by atoms with Crippen LogP contribution in [0.4, 0.5) is 10.8 Å². The molecule has 2 aromatic heterocycles. The van der Waals surface area contributed by atoms with Crippen molar-refractivity contribution in [3.8, 4) is 11.3 Å². The Labute approximate surface area is 235 Å². The molecule has 3 aromatic carbocycles. The molecule has 1 amide bonds. The van der Waals surface area contributed by atoms with E-state index < -0.39 is 26.9 Å². The third kappa shape index (κ3) is 6.06. The molecule has 1 atom stereocenters. The van der Waals surface area contributed by atoms with Gasteiger partial charge in [-0.25, -0.2) is 13.4 Å².